The molecule has 1 spiro atoms. The first kappa shape index (κ1) is 24.3. The molecule has 0 radical (unpaired) electrons. The summed E-state index contributed by atoms with van der Waals surface area (Å²) in [5, 5.41) is 19.3. The van der Waals surface area contributed by atoms with E-state index in [0.717, 1.165) is 0 Å². The summed E-state index contributed by atoms with van der Waals surface area (Å²) in [6.45, 7) is 3.94. The molecule has 0 aliphatic carbocycles. The maximum Gasteiger partial charge on any atom is 0.280 e. The first-order valence-electron chi connectivity index (χ1n) is 11.9. The fourth-order valence-corrected chi connectivity index (χ4v) is 5.87. The van der Waals surface area contributed by atoms with Crippen LogP contribution in [0.2, 0.25) is 10.0 Å². The van der Waals surface area contributed by atoms with E-state index in [9.17, 15) is 14.7 Å². The molecule has 2 aliphatic heterocycles. The Morgan fingerprint density at radius 2 is 1.71 bits per heavy atom. The fourth-order valence-electron chi connectivity index (χ4n) is 5.54. The molecule has 1 aromatic heterocycles. The summed E-state index contributed by atoms with van der Waals surface area (Å²) in [5.41, 5.74) is 1.21. The van der Waals surface area contributed by atoms with Gasteiger partial charge in [0.05, 0.1) is 18.5 Å². The third-order valence-electron chi connectivity index (χ3n) is 7.01. The van der Waals surface area contributed by atoms with Crippen LogP contribution in [0.4, 0.5) is 11.4 Å². The van der Waals surface area contributed by atoms with Gasteiger partial charge in [-0.15, -0.1) is 0 Å². The van der Waals surface area contributed by atoms with Crippen LogP contribution in [-0.4, -0.2) is 33.8 Å². The van der Waals surface area contributed by atoms with Crippen LogP contribution in [-0.2, 0) is 10.3 Å². The molecule has 2 amide bonds. The van der Waals surface area contributed by atoms with Crippen molar-refractivity contribution in [3.63, 3.8) is 0 Å². The number of carbonyl (C=O) groups excluding carboxylic acids is 2. The number of halogens is 2. The topological polar surface area (TPSA) is 96.7 Å². The summed E-state index contributed by atoms with van der Waals surface area (Å²) in [5.74, 6) is -0.831. The predicted octanol–water partition coefficient (Wildman–Crippen LogP) is 5.87. The van der Waals surface area contributed by atoms with E-state index in [4.69, 9.17) is 33.0 Å². The standard InChI is InChI=1S/C28H22Cl2N4O4/c1-14(2)25-23-24(32-34(25)19-6-4-5-7-22(19)38-3)26(36)33(20-13-16(30)9-11-21(20)35)28(23)17-10-8-15(29)12-18(17)31-27(28)37/h4-14,35H,1-3H3,(H,31,37). The lowest BCUT2D eigenvalue weighted by atomic mass is 9.81. The number of aromatic hydroxyl groups is 1. The second kappa shape index (κ2) is 8.51. The van der Waals surface area contributed by atoms with Gasteiger partial charge in [0.15, 0.2) is 11.2 Å². The van der Waals surface area contributed by atoms with E-state index in [2.05, 4.69) is 5.32 Å². The van der Waals surface area contributed by atoms with E-state index in [1.165, 1.54) is 23.1 Å². The van der Waals surface area contributed by atoms with E-state index < -0.39 is 17.4 Å². The van der Waals surface area contributed by atoms with Crippen molar-refractivity contribution in [1.29, 1.82) is 0 Å². The van der Waals surface area contributed by atoms with Crippen LogP contribution in [0, 0.1) is 0 Å². The van der Waals surface area contributed by atoms with Gasteiger partial charge in [0.25, 0.3) is 11.8 Å². The second-order valence-electron chi connectivity index (χ2n) is 9.48. The summed E-state index contributed by atoms with van der Waals surface area (Å²) in [6, 6.07) is 16.7. The summed E-state index contributed by atoms with van der Waals surface area (Å²) in [7, 11) is 1.56. The molecule has 0 fully saturated rings. The van der Waals surface area contributed by atoms with Crippen LogP contribution in [0.1, 0.15) is 47.1 Å². The second-order valence-corrected chi connectivity index (χ2v) is 10.3. The molecule has 10 heteroatoms. The molecule has 1 unspecified atom stereocenters. The lowest BCUT2D eigenvalue weighted by Gasteiger charge is -2.35. The zero-order valence-corrected chi connectivity index (χ0v) is 22.1. The molecule has 2 aliphatic rings. The van der Waals surface area contributed by atoms with Gasteiger partial charge in [0.1, 0.15) is 17.2 Å². The SMILES string of the molecule is COc1ccccc1-n1nc2c(c1C(C)C)C1(C(=O)Nc3cc(Cl)ccc31)N(c1cc(Cl)ccc1O)C2=O. The molecule has 8 nitrogen and oxygen atoms in total. The van der Waals surface area contributed by atoms with Gasteiger partial charge >= 0.3 is 0 Å². The van der Waals surface area contributed by atoms with Gasteiger partial charge in [-0.25, -0.2) is 4.68 Å². The molecule has 1 atom stereocenters. The number of hydrogen-bond donors (Lipinski definition) is 2. The average Bonchev–Trinajstić information content (AvgIpc) is 3.49. The van der Waals surface area contributed by atoms with Crippen molar-refractivity contribution in [2.45, 2.75) is 25.3 Å². The van der Waals surface area contributed by atoms with Crippen molar-refractivity contribution in [3.05, 3.63) is 93.2 Å². The van der Waals surface area contributed by atoms with Crippen LogP contribution < -0.4 is 15.0 Å². The molecule has 0 saturated heterocycles. The summed E-state index contributed by atoms with van der Waals surface area (Å²) in [4.78, 5) is 29.7. The number of amides is 2. The molecular formula is C28H22Cl2N4O4. The zero-order chi connectivity index (χ0) is 26.9. The highest BCUT2D eigenvalue weighted by molar-refractivity contribution is 6.32. The first-order chi connectivity index (χ1) is 18.2. The normalized spacial score (nSPS) is 17.8. The Hall–Kier alpha value is -4.01. The van der Waals surface area contributed by atoms with Crippen LogP contribution in [0.3, 0.4) is 0 Å². The van der Waals surface area contributed by atoms with E-state index in [1.807, 2.05) is 32.0 Å². The first-order valence-corrected chi connectivity index (χ1v) is 12.7. The number of fused-ring (bicyclic) bond motifs is 4. The monoisotopic (exact) mass is 548 g/mol. The number of nitrogens with zero attached hydrogens (tertiary/aromatic N) is 3. The predicted molar refractivity (Wildman–Crippen MR) is 145 cm³/mol. The highest BCUT2D eigenvalue weighted by atomic mass is 35.5. The number of carbonyl (C=O) groups is 2. The maximum atomic E-state index is 14.3. The van der Waals surface area contributed by atoms with Crippen molar-refractivity contribution in [2.75, 3.05) is 17.3 Å². The Morgan fingerprint density at radius 3 is 2.45 bits per heavy atom. The molecule has 6 rings (SSSR count). The highest BCUT2D eigenvalue weighted by Crippen LogP contribution is 2.56. The Kier molecular flexibility index (Phi) is 5.45. The van der Waals surface area contributed by atoms with E-state index in [0.29, 0.717) is 44.0 Å². The smallest absolute Gasteiger partial charge is 0.280 e. The van der Waals surface area contributed by atoms with Crippen LogP contribution in [0.15, 0.2) is 60.7 Å². The number of nitrogens with one attached hydrogen (secondary N) is 1. The maximum absolute atomic E-state index is 14.3. The molecule has 0 saturated carbocycles. The number of anilines is 2. The summed E-state index contributed by atoms with van der Waals surface area (Å²) < 4.78 is 7.26. The van der Waals surface area contributed by atoms with Gasteiger partial charge < -0.3 is 15.2 Å². The number of benzene rings is 3. The molecule has 192 valence electrons. The van der Waals surface area contributed by atoms with Crippen LogP contribution in [0.25, 0.3) is 5.69 Å². The van der Waals surface area contributed by atoms with E-state index >= 15 is 0 Å². The van der Waals surface area contributed by atoms with Crippen molar-refractivity contribution < 1.29 is 19.4 Å². The Morgan fingerprint density at radius 1 is 1.00 bits per heavy atom. The van der Waals surface area contributed by atoms with Gasteiger partial charge in [-0.2, -0.15) is 5.10 Å². The highest BCUT2D eigenvalue weighted by Gasteiger charge is 2.64. The Balaban J connectivity index is 1.75. The molecule has 2 N–H and O–H groups in total. The minimum atomic E-state index is -1.67. The van der Waals surface area contributed by atoms with Gasteiger partial charge in [-0.05, 0) is 48.4 Å². The average molecular weight is 549 g/mol. The van der Waals surface area contributed by atoms with Crippen molar-refractivity contribution >= 4 is 46.4 Å². The van der Waals surface area contributed by atoms with Gasteiger partial charge in [0, 0.05) is 26.9 Å². The van der Waals surface area contributed by atoms with Crippen LogP contribution >= 0.6 is 23.2 Å². The van der Waals surface area contributed by atoms with Crippen molar-refractivity contribution in [1.82, 2.24) is 9.78 Å². The zero-order valence-electron chi connectivity index (χ0n) is 20.6. The molecule has 3 aromatic carbocycles. The van der Waals surface area contributed by atoms with Gasteiger partial charge in [-0.3, -0.25) is 14.5 Å². The molecule has 0 bridgehead atoms. The van der Waals surface area contributed by atoms with Crippen molar-refractivity contribution in [2.24, 2.45) is 0 Å². The summed E-state index contributed by atoms with van der Waals surface area (Å²) in [6.07, 6.45) is 0. The minimum absolute atomic E-state index is 0.0944. The molecule has 4 aromatic rings. The van der Waals surface area contributed by atoms with E-state index in [-0.39, 0.29) is 23.0 Å². The Bertz CT molecular complexity index is 1660. The van der Waals surface area contributed by atoms with Crippen LogP contribution in [0.5, 0.6) is 11.5 Å². The number of rotatable bonds is 4. The summed E-state index contributed by atoms with van der Waals surface area (Å²) >= 11 is 12.6. The number of ether oxygens (including phenoxy) is 1. The number of phenols is 1. The quantitative estimate of drug-likeness (QED) is 0.332. The molecule has 3 heterocycles. The number of para-hydroxylation sites is 2. The Labute approximate surface area is 228 Å². The molecular weight excluding hydrogens is 527 g/mol. The number of methoxy groups -OCH3 is 1. The third-order valence-corrected chi connectivity index (χ3v) is 7.48. The largest absolute Gasteiger partial charge is 0.506 e. The van der Waals surface area contributed by atoms with Gasteiger partial charge in [0.2, 0.25) is 0 Å². The van der Waals surface area contributed by atoms with Crippen molar-refractivity contribution in [3.8, 4) is 17.2 Å². The lowest BCUT2D eigenvalue weighted by Crippen LogP contribution is -2.50. The number of phenolic OH excluding ortho intramolecular Hbond substituents is 1. The lowest BCUT2D eigenvalue weighted by molar-refractivity contribution is -0.119. The van der Waals surface area contributed by atoms with E-state index in [1.54, 1.807) is 36.1 Å². The van der Waals surface area contributed by atoms with Gasteiger partial charge in [-0.1, -0.05) is 55.2 Å². The fraction of sp³-hybridized carbons (Fsp3) is 0.179. The third kappa shape index (κ3) is 3.14. The molecule has 38 heavy (non-hydrogen) atoms. The number of aromatic nitrogens is 2. The minimum Gasteiger partial charge on any atom is -0.506 e. The number of hydrogen-bond acceptors (Lipinski definition) is 5.